The smallest absolute Gasteiger partial charge is 0.407 e. The highest BCUT2D eigenvalue weighted by atomic mass is 16.6. The number of urea groups is 1. The summed E-state index contributed by atoms with van der Waals surface area (Å²) in [5, 5.41) is 14.7. The average molecular weight is 421 g/mol. The third kappa shape index (κ3) is 11.8. The Morgan fingerprint density at radius 2 is 1.67 bits per heavy atom. The van der Waals surface area contributed by atoms with E-state index in [0.29, 0.717) is 25.6 Å². The van der Waals surface area contributed by atoms with Gasteiger partial charge in [-0.1, -0.05) is 12.1 Å². The van der Waals surface area contributed by atoms with Gasteiger partial charge in [0, 0.05) is 38.4 Å². The van der Waals surface area contributed by atoms with Crippen LogP contribution in [0.4, 0.5) is 15.3 Å². The molecule has 0 heterocycles. The van der Waals surface area contributed by atoms with Gasteiger partial charge in [0.1, 0.15) is 5.60 Å². The Bertz CT molecular complexity index is 696. The van der Waals surface area contributed by atoms with E-state index in [0.717, 1.165) is 17.7 Å². The lowest BCUT2D eigenvalue weighted by Crippen LogP contribution is -2.39. The highest BCUT2D eigenvalue weighted by Crippen LogP contribution is 2.09. The van der Waals surface area contributed by atoms with Crippen molar-refractivity contribution in [3.63, 3.8) is 0 Å². The first-order valence-corrected chi connectivity index (χ1v) is 10.2. The molecule has 0 unspecified atom stereocenters. The summed E-state index contributed by atoms with van der Waals surface area (Å²) in [6.45, 7) is 11.1. The number of hydrogen-bond acceptors (Lipinski definition) is 4. The predicted molar refractivity (Wildman–Crippen MR) is 121 cm³/mol. The van der Waals surface area contributed by atoms with Crippen molar-refractivity contribution in [3.8, 4) is 0 Å². The number of amides is 3. The predicted octanol–water partition coefficient (Wildman–Crippen LogP) is 2.80. The van der Waals surface area contributed by atoms with Crippen LogP contribution in [-0.2, 0) is 11.3 Å². The van der Waals surface area contributed by atoms with Gasteiger partial charge < -0.3 is 31.3 Å². The van der Waals surface area contributed by atoms with E-state index < -0.39 is 11.7 Å². The minimum absolute atomic E-state index is 0.0841. The molecule has 0 spiro atoms. The molecule has 0 fully saturated rings. The Labute approximate surface area is 179 Å². The molecular weight excluding hydrogens is 384 g/mol. The maximum atomic E-state index is 11.7. The van der Waals surface area contributed by atoms with Crippen LogP contribution in [0.1, 0.15) is 46.6 Å². The summed E-state index contributed by atoms with van der Waals surface area (Å²) in [5.41, 5.74) is 1.29. The minimum Gasteiger partial charge on any atom is -0.444 e. The van der Waals surface area contributed by atoms with E-state index >= 15 is 0 Å². The van der Waals surface area contributed by atoms with E-state index in [1.807, 2.05) is 58.9 Å². The first kappa shape index (κ1) is 25.1. The van der Waals surface area contributed by atoms with Gasteiger partial charge in [-0.15, -0.1) is 0 Å². The highest BCUT2D eigenvalue weighted by molar-refractivity contribution is 5.89. The Morgan fingerprint density at radius 3 is 2.23 bits per heavy atom. The van der Waals surface area contributed by atoms with Crippen molar-refractivity contribution in [1.82, 2.24) is 21.3 Å². The number of carbonyl (C=O) groups excluding carboxylic acids is 2. The number of alkyl carbamates (subject to hydrolysis) is 1. The molecule has 3 amide bonds. The van der Waals surface area contributed by atoms with Gasteiger partial charge in [-0.05, 0) is 58.7 Å². The summed E-state index contributed by atoms with van der Waals surface area (Å²) in [4.78, 5) is 27.5. The number of aliphatic imine (C=N–C) groups is 1. The maximum absolute atomic E-state index is 11.7. The maximum Gasteiger partial charge on any atom is 0.407 e. The fraction of sp³-hybridized carbons (Fsp3) is 0.571. The van der Waals surface area contributed by atoms with Gasteiger partial charge in [0.2, 0.25) is 0 Å². The summed E-state index contributed by atoms with van der Waals surface area (Å²) < 4.78 is 5.19. The zero-order valence-corrected chi connectivity index (χ0v) is 18.9. The number of guanidine groups is 1. The molecule has 1 aromatic rings. The molecule has 0 aromatic heterocycles. The van der Waals surface area contributed by atoms with E-state index in [-0.39, 0.29) is 12.1 Å². The van der Waals surface area contributed by atoms with Gasteiger partial charge in [0.15, 0.2) is 5.96 Å². The first-order valence-electron chi connectivity index (χ1n) is 10.2. The van der Waals surface area contributed by atoms with Gasteiger partial charge in [0.25, 0.3) is 0 Å². The van der Waals surface area contributed by atoms with Crippen LogP contribution in [0.25, 0.3) is 0 Å². The molecular formula is C21H36N6O3. The monoisotopic (exact) mass is 420 g/mol. The van der Waals surface area contributed by atoms with Crippen LogP contribution >= 0.6 is 0 Å². The number of hydrogen-bond donors (Lipinski definition) is 5. The topological polar surface area (TPSA) is 116 Å². The Hall–Kier alpha value is -2.97. The quantitative estimate of drug-likeness (QED) is 0.252. The molecule has 0 aliphatic heterocycles. The highest BCUT2D eigenvalue weighted by Gasteiger charge is 2.15. The largest absolute Gasteiger partial charge is 0.444 e. The van der Waals surface area contributed by atoms with Crippen LogP contribution in [0.2, 0.25) is 0 Å². The average Bonchev–Trinajstić information content (AvgIpc) is 2.63. The second kappa shape index (κ2) is 12.6. The summed E-state index contributed by atoms with van der Waals surface area (Å²) >= 11 is 0. The van der Waals surface area contributed by atoms with Gasteiger partial charge in [-0.2, -0.15) is 0 Å². The van der Waals surface area contributed by atoms with Gasteiger partial charge in [-0.25, -0.2) is 9.59 Å². The molecule has 0 aliphatic carbocycles. The number of nitrogens with one attached hydrogen (secondary N) is 5. The summed E-state index contributed by atoms with van der Waals surface area (Å²) in [6.07, 6.45) is 0.322. The molecule has 9 nitrogen and oxygen atoms in total. The third-order valence-corrected chi connectivity index (χ3v) is 3.63. The standard InChI is InChI=1S/C21H36N6O3/c1-15(2)26-19(28)27-17-10-8-16(9-11-17)14-25-18(22-6)23-12-7-13-24-20(29)30-21(3,4)5/h8-11,15H,7,12-14H2,1-6H3,(H,24,29)(H2,22,23,25)(H2,26,27,28). The zero-order valence-electron chi connectivity index (χ0n) is 18.9. The van der Waals surface area contributed by atoms with Crippen molar-refractivity contribution in [2.75, 3.05) is 25.5 Å². The van der Waals surface area contributed by atoms with Crippen LogP contribution in [0.3, 0.4) is 0 Å². The second-order valence-electron chi connectivity index (χ2n) is 8.08. The molecule has 1 rings (SSSR count). The molecule has 30 heavy (non-hydrogen) atoms. The molecule has 5 N–H and O–H groups in total. The molecule has 0 saturated carbocycles. The summed E-state index contributed by atoms with van der Waals surface area (Å²) in [5.74, 6) is 0.672. The minimum atomic E-state index is -0.497. The second-order valence-corrected chi connectivity index (χ2v) is 8.08. The van der Waals surface area contributed by atoms with E-state index in [9.17, 15) is 9.59 Å². The Kier molecular flexibility index (Phi) is 10.5. The lowest BCUT2D eigenvalue weighted by molar-refractivity contribution is 0.0527. The van der Waals surface area contributed by atoms with E-state index in [2.05, 4.69) is 31.6 Å². The number of anilines is 1. The molecule has 0 atom stereocenters. The number of benzene rings is 1. The SMILES string of the molecule is CN=C(NCCCNC(=O)OC(C)(C)C)NCc1ccc(NC(=O)NC(C)C)cc1. The van der Waals surface area contributed by atoms with Crippen LogP contribution in [0, 0.1) is 0 Å². The Balaban J connectivity index is 2.29. The van der Waals surface area contributed by atoms with Crippen LogP contribution in [-0.4, -0.2) is 49.9 Å². The number of nitrogens with zero attached hydrogens (tertiary/aromatic N) is 1. The molecule has 0 radical (unpaired) electrons. The third-order valence-electron chi connectivity index (χ3n) is 3.63. The molecule has 0 saturated heterocycles. The van der Waals surface area contributed by atoms with Gasteiger partial charge in [0.05, 0.1) is 0 Å². The Morgan fingerprint density at radius 1 is 1.03 bits per heavy atom. The van der Waals surface area contributed by atoms with Crippen molar-refractivity contribution in [1.29, 1.82) is 0 Å². The number of ether oxygens (including phenoxy) is 1. The van der Waals surface area contributed by atoms with Crippen molar-refractivity contribution in [2.24, 2.45) is 4.99 Å². The molecule has 0 aliphatic rings. The molecule has 0 bridgehead atoms. The van der Waals surface area contributed by atoms with E-state index in [4.69, 9.17) is 4.74 Å². The number of carbonyl (C=O) groups is 2. The van der Waals surface area contributed by atoms with E-state index in [1.54, 1.807) is 7.05 Å². The zero-order chi connectivity index (χ0) is 22.6. The van der Waals surface area contributed by atoms with Crippen LogP contribution in [0.15, 0.2) is 29.3 Å². The summed E-state index contributed by atoms with van der Waals surface area (Å²) in [7, 11) is 1.70. The van der Waals surface area contributed by atoms with Crippen molar-refractivity contribution >= 4 is 23.8 Å². The fourth-order valence-electron chi connectivity index (χ4n) is 2.34. The van der Waals surface area contributed by atoms with Gasteiger partial charge in [-0.3, -0.25) is 4.99 Å². The van der Waals surface area contributed by atoms with Crippen LogP contribution < -0.4 is 26.6 Å². The number of rotatable bonds is 8. The van der Waals surface area contributed by atoms with E-state index in [1.165, 1.54) is 0 Å². The first-order chi connectivity index (χ1) is 14.1. The lowest BCUT2D eigenvalue weighted by Gasteiger charge is -2.19. The molecule has 168 valence electrons. The van der Waals surface area contributed by atoms with Crippen molar-refractivity contribution in [3.05, 3.63) is 29.8 Å². The fourth-order valence-corrected chi connectivity index (χ4v) is 2.34. The van der Waals surface area contributed by atoms with Crippen LogP contribution in [0.5, 0.6) is 0 Å². The summed E-state index contributed by atoms with van der Waals surface area (Å²) in [6, 6.07) is 7.46. The molecule has 9 heteroatoms. The van der Waals surface area contributed by atoms with Crippen molar-refractivity contribution in [2.45, 2.75) is 59.2 Å². The lowest BCUT2D eigenvalue weighted by atomic mass is 10.2. The normalized spacial score (nSPS) is 11.6. The van der Waals surface area contributed by atoms with Crippen molar-refractivity contribution < 1.29 is 14.3 Å². The molecule has 1 aromatic carbocycles. The van der Waals surface area contributed by atoms with Gasteiger partial charge >= 0.3 is 12.1 Å².